The molecule has 0 atom stereocenters. The molecule has 4 aromatic rings. The van der Waals surface area contributed by atoms with Crippen LogP contribution in [-0.2, 0) is 9.84 Å². The van der Waals surface area contributed by atoms with Gasteiger partial charge in [0.2, 0.25) is 9.84 Å². The molecule has 0 saturated carbocycles. The van der Waals surface area contributed by atoms with Gasteiger partial charge in [-0.3, -0.25) is 0 Å². The molecule has 2 nitrogen and oxygen atoms in total. The molecule has 4 aromatic carbocycles. The fourth-order valence-electron chi connectivity index (χ4n) is 3.50. The van der Waals surface area contributed by atoms with Crippen molar-refractivity contribution in [2.45, 2.75) is 0 Å². The minimum Gasteiger partial charge on any atom is -0.219 e. The van der Waals surface area contributed by atoms with E-state index in [9.17, 15) is 8.42 Å². The molecule has 0 aliphatic heterocycles. The Hall–Kier alpha value is -3.63. The summed E-state index contributed by atoms with van der Waals surface area (Å²) in [5, 5.41) is 1.16. The maximum atomic E-state index is 14.1. The Morgan fingerprint density at radius 2 is 0.838 bits per heavy atom. The van der Waals surface area contributed by atoms with Crippen molar-refractivity contribution in [2.24, 2.45) is 0 Å². The van der Waals surface area contributed by atoms with Crippen LogP contribution in [0.15, 0.2) is 131 Å². The van der Waals surface area contributed by atoms with E-state index in [-0.39, 0.29) is 9.81 Å². The quantitative estimate of drug-likeness (QED) is 0.208. The molecule has 0 bridgehead atoms. The van der Waals surface area contributed by atoms with Gasteiger partial charge in [-0.2, -0.15) is 0 Å². The van der Waals surface area contributed by atoms with Gasteiger partial charge >= 0.3 is 0 Å². The second kappa shape index (κ2) is 12.6. The number of rotatable bonds is 8. The predicted octanol–water partition coefficient (Wildman–Crippen LogP) is 9.22. The normalized spacial score (nSPS) is 12.9. The zero-order valence-electron chi connectivity index (χ0n) is 19.8. The van der Waals surface area contributed by atoms with E-state index in [2.05, 4.69) is 0 Å². The van der Waals surface area contributed by atoms with Crippen LogP contribution in [0.25, 0.3) is 24.3 Å². The van der Waals surface area contributed by atoms with Crippen LogP contribution >= 0.6 is 23.2 Å². The lowest BCUT2D eigenvalue weighted by Gasteiger charge is -2.09. The van der Waals surface area contributed by atoms with E-state index in [1.54, 1.807) is 85.0 Å². The van der Waals surface area contributed by atoms with Crippen molar-refractivity contribution in [3.63, 3.8) is 0 Å². The second-order valence-electron chi connectivity index (χ2n) is 8.19. The second-order valence-corrected chi connectivity index (χ2v) is 11.0. The van der Waals surface area contributed by atoms with Gasteiger partial charge in [0.25, 0.3) is 0 Å². The van der Waals surface area contributed by atoms with E-state index < -0.39 is 9.84 Å². The number of sulfone groups is 1. The van der Waals surface area contributed by atoms with Crippen molar-refractivity contribution < 1.29 is 8.42 Å². The van der Waals surface area contributed by atoms with Gasteiger partial charge in [0.05, 0.1) is 9.81 Å². The Labute approximate surface area is 228 Å². The molecule has 0 unspecified atom stereocenters. The molecule has 5 heteroatoms. The summed E-state index contributed by atoms with van der Waals surface area (Å²) < 4.78 is 28.2. The van der Waals surface area contributed by atoms with Crippen molar-refractivity contribution >= 4 is 57.3 Å². The minimum atomic E-state index is -3.94. The Kier molecular flexibility index (Phi) is 8.97. The van der Waals surface area contributed by atoms with E-state index in [0.29, 0.717) is 10.0 Å². The van der Waals surface area contributed by atoms with Crippen molar-refractivity contribution in [3.05, 3.63) is 163 Å². The third kappa shape index (κ3) is 7.68. The van der Waals surface area contributed by atoms with E-state index in [4.69, 9.17) is 23.2 Å². The molecule has 0 aromatic heterocycles. The molecule has 37 heavy (non-hydrogen) atoms. The highest BCUT2D eigenvalue weighted by atomic mass is 35.5. The Bertz CT molecular complexity index is 1430. The Morgan fingerprint density at radius 3 is 1.19 bits per heavy atom. The Balaban J connectivity index is 1.84. The summed E-state index contributed by atoms with van der Waals surface area (Å²) in [6, 6.07) is 33.2. The highest BCUT2D eigenvalue weighted by Crippen LogP contribution is 2.27. The third-order valence-corrected chi connectivity index (χ3v) is 7.71. The molecular weight excluding hydrogens is 519 g/mol. The first-order chi connectivity index (χ1) is 17.9. The van der Waals surface area contributed by atoms with Crippen LogP contribution in [0.4, 0.5) is 0 Å². The van der Waals surface area contributed by atoms with Crippen LogP contribution in [0.3, 0.4) is 0 Å². The van der Waals surface area contributed by atoms with Crippen molar-refractivity contribution in [2.75, 3.05) is 0 Å². The topological polar surface area (TPSA) is 34.1 Å². The fourth-order valence-corrected chi connectivity index (χ4v) is 5.10. The van der Waals surface area contributed by atoms with E-state index in [1.165, 1.54) is 0 Å². The molecule has 0 saturated heterocycles. The van der Waals surface area contributed by atoms with Crippen LogP contribution in [0.1, 0.15) is 22.3 Å². The first-order valence-corrected chi connectivity index (χ1v) is 13.8. The maximum absolute atomic E-state index is 14.1. The monoisotopic (exact) mass is 542 g/mol. The van der Waals surface area contributed by atoms with Gasteiger partial charge in [-0.15, -0.1) is 0 Å². The standard InChI is InChI=1S/C32H24Cl2O2S/c33-29-17-11-27(12-18-29)23-31(21-15-25-7-3-1-4-8-25)37(35,36)32(22-16-26-9-5-2-6-10-26)24-28-13-19-30(34)20-14-28/h1-24H/b21-15-,22-16-,31-23+,32-24+. The van der Waals surface area contributed by atoms with E-state index >= 15 is 0 Å². The van der Waals surface area contributed by atoms with Gasteiger partial charge in [-0.25, -0.2) is 8.42 Å². The molecule has 0 aliphatic carbocycles. The molecule has 184 valence electrons. The molecule has 0 spiro atoms. The molecule has 0 amide bonds. The zero-order chi connectivity index (χ0) is 26.1. The summed E-state index contributed by atoms with van der Waals surface area (Å²) in [5.41, 5.74) is 3.22. The Morgan fingerprint density at radius 1 is 0.486 bits per heavy atom. The number of benzene rings is 4. The lowest BCUT2D eigenvalue weighted by Crippen LogP contribution is -2.05. The largest absolute Gasteiger partial charge is 0.219 e. The lowest BCUT2D eigenvalue weighted by atomic mass is 10.2. The van der Waals surface area contributed by atoms with E-state index in [0.717, 1.165) is 22.3 Å². The first kappa shape index (κ1) is 26.4. The predicted molar refractivity (Wildman–Crippen MR) is 159 cm³/mol. The van der Waals surface area contributed by atoms with Gasteiger partial charge in [-0.1, -0.05) is 120 Å². The smallest absolute Gasteiger partial charge is 0.206 e. The molecule has 0 N–H and O–H groups in total. The summed E-state index contributed by atoms with van der Waals surface area (Å²) in [6.45, 7) is 0. The highest BCUT2D eigenvalue weighted by Gasteiger charge is 2.20. The molecule has 0 aliphatic rings. The van der Waals surface area contributed by atoms with Gasteiger partial charge in [-0.05, 0) is 70.8 Å². The third-order valence-electron chi connectivity index (χ3n) is 5.46. The summed E-state index contributed by atoms with van der Waals surface area (Å²) in [7, 11) is -3.94. The molecule has 4 rings (SSSR count). The van der Waals surface area contributed by atoms with Gasteiger partial charge < -0.3 is 0 Å². The number of halogens is 2. The van der Waals surface area contributed by atoms with Crippen molar-refractivity contribution in [1.82, 2.24) is 0 Å². The van der Waals surface area contributed by atoms with Crippen LogP contribution in [0.2, 0.25) is 10.0 Å². The van der Waals surface area contributed by atoms with Crippen LogP contribution in [0.5, 0.6) is 0 Å². The van der Waals surface area contributed by atoms with Gasteiger partial charge in [0.1, 0.15) is 0 Å². The summed E-state index contributed by atoms with van der Waals surface area (Å²) in [4.78, 5) is 0.299. The average Bonchev–Trinajstić information content (AvgIpc) is 2.92. The van der Waals surface area contributed by atoms with E-state index in [1.807, 2.05) is 60.7 Å². The van der Waals surface area contributed by atoms with Crippen LogP contribution < -0.4 is 0 Å². The number of hydrogen-bond donors (Lipinski definition) is 0. The van der Waals surface area contributed by atoms with Gasteiger partial charge in [0, 0.05) is 10.0 Å². The number of allylic oxidation sites excluding steroid dienone is 2. The zero-order valence-corrected chi connectivity index (χ0v) is 22.2. The maximum Gasteiger partial charge on any atom is 0.206 e. The fraction of sp³-hybridized carbons (Fsp3) is 0. The summed E-state index contributed by atoms with van der Waals surface area (Å²) in [5.74, 6) is 0. The van der Waals surface area contributed by atoms with Crippen LogP contribution in [-0.4, -0.2) is 8.42 Å². The van der Waals surface area contributed by atoms with Gasteiger partial charge in [0.15, 0.2) is 0 Å². The molecule has 0 radical (unpaired) electrons. The first-order valence-electron chi connectivity index (χ1n) is 11.6. The van der Waals surface area contributed by atoms with Crippen molar-refractivity contribution in [1.29, 1.82) is 0 Å². The molecular formula is C32H24Cl2O2S. The average molecular weight is 544 g/mol. The van der Waals surface area contributed by atoms with Crippen LogP contribution in [0, 0.1) is 0 Å². The molecule has 0 fully saturated rings. The van der Waals surface area contributed by atoms with Crippen molar-refractivity contribution in [3.8, 4) is 0 Å². The lowest BCUT2D eigenvalue weighted by molar-refractivity contribution is 0.610. The molecule has 0 heterocycles. The minimum absolute atomic E-state index is 0.150. The summed E-state index contributed by atoms with van der Waals surface area (Å²) in [6.07, 6.45) is 10.1. The number of hydrogen-bond acceptors (Lipinski definition) is 2. The summed E-state index contributed by atoms with van der Waals surface area (Å²) >= 11 is 12.1. The highest BCUT2D eigenvalue weighted by molar-refractivity contribution is 7.99. The SMILES string of the molecule is O=S(=O)(C(/C=C\c1ccccc1)=C/c1ccc(Cl)cc1)C(/C=C\c1ccccc1)=C/c1ccc(Cl)cc1.